The second-order valence-electron chi connectivity index (χ2n) is 5.08. The zero-order chi connectivity index (χ0) is 15.0. The third-order valence-electron chi connectivity index (χ3n) is 3.82. The fourth-order valence-electron chi connectivity index (χ4n) is 2.73. The fourth-order valence-corrected chi connectivity index (χ4v) is 2.73. The number of hydrogen-bond donors (Lipinski definition) is 1. The summed E-state index contributed by atoms with van der Waals surface area (Å²) in [5.41, 5.74) is 1.84. The number of carboxylic acid groups (broad SMARTS) is 1. The lowest BCUT2D eigenvalue weighted by Crippen LogP contribution is -2.38. The van der Waals surface area contributed by atoms with Crippen molar-refractivity contribution in [2.24, 2.45) is 7.05 Å². The van der Waals surface area contributed by atoms with Gasteiger partial charge in [-0.15, -0.1) is 0 Å². The van der Waals surface area contributed by atoms with Gasteiger partial charge in [-0.25, -0.2) is 4.98 Å². The summed E-state index contributed by atoms with van der Waals surface area (Å²) in [4.78, 5) is 29.6. The third-order valence-corrected chi connectivity index (χ3v) is 3.82. The first-order valence-electron chi connectivity index (χ1n) is 6.69. The van der Waals surface area contributed by atoms with E-state index in [-0.39, 0.29) is 5.91 Å². The van der Waals surface area contributed by atoms with Crippen LogP contribution in [0.1, 0.15) is 28.4 Å². The number of benzene rings is 1. The monoisotopic (exact) mass is 285 g/mol. The van der Waals surface area contributed by atoms with Crippen LogP contribution in [0.4, 0.5) is 5.69 Å². The molecule has 0 radical (unpaired) electrons. The van der Waals surface area contributed by atoms with E-state index < -0.39 is 11.9 Å². The summed E-state index contributed by atoms with van der Waals surface area (Å²) >= 11 is 0. The number of aryl methyl sites for hydroxylation is 1. The van der Waals surface area contributed by atoms with Gasteiger partial charge in [-0.1, -0.05) is 18.2 Å². The number of para-hydroxylation sites is 1. The Kier molecular flexibility index (Phi) is 3.21. The van der Waals surface area contributed by atoms with Crippen LogP contribution in [-0.2, 0) is 11.8 Å². The first-order chi connectivity index (χ1) is 10.1. The molecule has 21 heavy (non-hydrogen) atoms. The Morgan fingerprint density at radius 3 is 2.76 bits per heavy atom. The highest BCUT2D eigenvalue weighted by Crippen LogP contribution is 2.35. The van der Waals surface area contributed by atoms with Crippen LogP contribution in [0.15, 0.2) is 36.8 Å². The normalized spacial score (nSPS) is 17.4. The summed E-state index contributed by atoms with van der Waals surface area (Å²) in [6.45, 7) is 0.387. The summed E-state index contributed by atoms with van der Waals surface area (Å²) in [5, 5.41) is 9.32. The minimum Gasteiger partial charge on any atom is -0.481 e. The molecular formula is C15H15N3O3. The third kappa shape index (κ3) is 2.18. The Bertz CT molecular complexity index is 708. The van der Waals surface area contributed by atoms with Crippen LogP contribution < -0.4 is 4.90 Å². The van der Waals surface area contributed by atoms with Crippen molar-refractivity contribution in [1.82, 2.24) is 9.55 Å². The lowest BCUT2D eigenvalue weighted by Gasteiger charge is -2.32. The van der Waals surface area contributed by atoms with Gasteiger partial charge in [0.15, 0.2) is 0 Å². The predicted molar refractivity (Wildman–Crippen MR) is 76.3 cm³/mol. The number of amides is 1. The number of hydrogen-bond acceptors (Lipinski definition) is 3. The van der Waals surface area contributed by atoms with Gasteiger partial charge in [0.2, 0.25) is 0 Å². The maximum atomic E-state index is 12.6. The molecule has 2 heterocycles. The Morgan fingerprint density at radius 2 is 2.10 bits per heavy atom. The molecular weight excluding hydrogens is 270 g/mol. The summed E-state index contributed by atoms with van der Waals surface area (Å²) in [5.74, 6) is -1.57. The molecule has 1 aromatic heterocycles. The Morgan fingerprint density at radius 1 is 1.33 bits per heavy atom. The van der Waals surface area contributed by atoms with Crippen LogP contribution in [0.25, 0.3) is 0 Å². The van der Waals surface area contributed by atoms with Gasteiger partial charge in [0.25, 0.3) is 5.91 Å². The van der Waals surface area contributed by atoms with Gasteiger partial charge in [-0.2, -0.15) is 0 Å². The first-order valence-corrected chi connectivity index (χ1v) is 6.69. The van der Waals surface area contributed by atoms with Crippen molar-refractivity contribution in [2.45, 2.75) is 12.3 Å². The van der Waals surface area contributed by atoms with Crippen molar-refractivity contribution < 1.29 is 14.7 Å². The van der Waals surface area contributed by atoms with Gasteiger partial charge in [0.1, 0.15) is 5.69 Å². The van der Waals surface area contributed by atoms with E-state index in [4.69, 9.17) is 0 Å². The minimum atomic E-state index is -0.852. The van der Waals surface area contributed by atoms with E-state index in [2.05, 4.69) is 4.98 Å². The highest BCUT2D eigenvalue weighted by Gasteiger charge is 2.33. The van der Waals surface area contributed by atoms with Crippen molar-refractivity contribution in [3.8, 4) is 0 Å². The second kappa shape index (κ2) is 5.05. The zero-order valence-corrected chi connectivity index (χ0v) is 11.6. The molecule has 0 saturated carbocycles. The van der Waals surface area contributed by atoms with E-state index in [1.165, 1.54) is 6.20 Å². The molecule has 1 N–H and O–H groups in total. The maximum Gasteiger partial charge on any atom is 0.311 e. The van der Waals surface area contributed by atoms with E-state index in [0.717, 1.165) is 0 Å². The number of nitrogens with zero attached hydrogens (tertiary/aromatic N) is 3. The van der Waals surface area contributed by atoms with Crippen LogP contribution in [0.3, 0.4) is 0 Å². The van der Waals surface area contributed by atoms with Gasteiger partial charge in [0.05, 0.1) is 18.4 Å². The van der Waals surface area contributed by atoms with E-state index in [1.807, 2.05) is 6.07 Å². The van der Waals surface area contributed by atoms with Crippen LogP contribution in [0, 0.1) is 0 Å². The Hall–Kier alpha value is -2.63. The lowest BCUT2D eigenvalue weighted by atomic mass is 9.90. The second-order valence-corrected chi connectivity index (χ2v) is 5.08. The Balaban J connectivity index is 2.02. The molecule has 6 nitrogen and oxygen atoms in total. The molecule has 1 aliphatic rings. The average molecular weight is 285 g/mol. The molecule has 0 fully saturated rings. The van der Waals surface area contributed by atoms with Gasteiger partial charge in [-0.05, 0) is 18.1 Å². The molecule has 0 aliphatic carbocycles. The molecule has 1 atom stereocenters. The fraction of sp³-hybridized carbons (Fsp3) is 0.267. The van der Waals surface area contributed by atoms with Crippen molar-refractivity contribution in [3.63, 3.8) is 0 Å². The molecule has 108 valence electrons. The van der Waals surface area contributed by atoms with Crippen molar-refractivity contribution >= 4 is 17.6 Å². The zero-order valence-electron chi connectivity index (χ0n) is 11.6. The quantitative estimate of drug-likeness (QED) is 0.910. The molecule has 1 amide bonds. The van der Waals surface area contributed by atoms with Crippen LogP contribution in [0.5, 0.6) is 0 Å². The van der Waals surface area contributed by atoms with E-state index in [1.54, 1.807) is 41.0 Å². The molecule has 3 rings (SSSR count). The standard InChI is InChI=1S/C15H15N3O3/c1-17-9-16-8-13(17)14(19)18-7-6-11(15(20)21)10-4-2-3-5-12(10)18/h2-5,8-9,11H,6-7H2,1H3,(H,20,21). The van der Waals surface area contributed by atoms with Gasteiger partial charge in [0, 0.05) is 19.3 Å². The summed E-state index contributed by atoms with van der Waals surface area (Å²) in [6, 6.07) is 7.18. The predicted octanol–water partition coefficient (Wildman–Crippen LogP) is 1.64. The topological polar surface area (TPSA) is 75.4 Å². The van der Waals surface area contributed by atoms with Gasteiger partial charge >= 0.3 is 5.97 Å². The lowest BCUT2D eigenvalue weighted by molar-refractivity contribution is -0.139. The number of aromatic nitrogens is 2. The van der Waals surface area contributed by atoms with Crippen LogP contribution >= 0.6 is 0 Å². The number of anilines is 1. The van der Waals surface area contributed by atoms with E-state index in [0.29, 0.717) is 29.9 Å². The largest absolute Gasteiger partial charge is 0.481 e. The molecule has 1 aliphatic heterocycles. The number of imidazole rings is 1. The highest BCUT2D eigenvalue weighted by atomic mass is 16.4. The average Bonchev–Trinajstić information content (AvgIpc) is 2.91. The summed E-state index contributed by atoms with van der Waals surface area (Å²) in [7, 11) is 1.76. The first kappa shape index (κ1) is 13.4. The SMILES string of the molecule is Cn1cncc1C(=O)N1CCC(C(=O)O)c2ccccc21. The van der Waals surface area contributed by atoms with Crippen LogP contribution in [-0.4, -0.2) is 33.1 Å². The van der Waals surface area contributed by atoms with Crippen molar-refractivity contribution in [3.05, 3.63) is 48.0 Å². The molecule has 1 unspecified atom stereocenters. The van der Waals surface area contributed by atoms with Crippen LogP contribution in [0.2, 0.25) is 0 Å². The van der Waals surface area contributed by atoms with Gasteiger partial charge < -0.3 is 14.6 Å². The molecule has 1 aromatic carbocycles. The number of fused-ring (bicyclic) bond motifs is 1. The highest BCUT2D eigenvalue weighted by molar-refractivity contribution is 6.06. The number of carboxylic acids is 1. The van der Waals surface area contributed by atoms with Crippen molar-refractivity contribution in [2.75, 3.05) is 11.4 Å². The summed E-state index contributed by atoms with van der Waals surface area (Å²) < 4.78 is 1.66. The number of aliphatic carboxylic acids is 1. The minimum absolute atomic E-state index is 0.161. The van der Waals surface area contributed by atoms with Crippen molar-refractivity contribution in [1.29, 1.82) is 0 Å². The molecule has 0 bridgehead atoms. The molecule has 0 spiro atoms. The smallest absolute Gasteiger partial charge is 0.311 e. The maximum absolute atomic E-state index is 12.6. The Labute approximate surface area is 121 Å². The number of carbonyl (C=O) groups excluding carboxylic acids is 1. The number of rotatable bonds is 2. The molecule has 2 aromatic rings. The van der Waals surface area contributed by atoms with E-state index in [9.17, 15) is 14.7 Å². The number of carbonyl (C=O) groups is 2. The summed E-state index contributed by atoms with van der Waals surface area (Å²) in [6.07, 6.45) is 3.51. The molecule has 6 heteroatoms. The molecule has 0 saturated heterocycles. The van der Waals surface area contributed by atoms with Gasteiger partial charge in [-0.3, -0.25) is 9.59 Å². The van der Waals surface area contributed by atoms with E-state index >= 15 is 0 Å².